The van der Waals surface area contributed by atoms with Gasteiger partial charge in [-0.15, -0.1) is 0 Å². The average molecular weight is 127 g/mol. The van der Waals surface area contributed by atoms with Crippen LogP contribution in [-0.2, 0) is 0 Å². The molecule has 1 aliphatic rings. The predicted molar refractivity (Wildman–Crippen MR) is 37.8 cm³/mol. The maximum absolute atomic E-state index is 7.31. The van der Waals surface area contributed by atoms with E-state index in [2.05, 4.69) is 10.2 Å². The zero-order valence-corrected chi connectivity index (χ0v) is 5.78. The minimum atomic E-state index is 0.648. The molecule has 0 bridgehead atoms. The second-order valence-corrected chi connectivity index (χ2v) is 2.50. The molecule has 0 aromatic carbocycles. The fourth-order valence-electron chi connectivity index (χ4n) is 0.993. The van der Waals surface area contributed by atoms with Crippen LogP contribution in [0.4, 0.5) is 0 Å². The Kier molecular flexibility index (Phi) is 2.05. The molecular weight excluding hydrogens is 114 g/mol. The highest BCUT2D eigenvalue weighted by Crippen LogP contribution is 1.90. The smallest absolute Gasteiger partial charge is 0.108 e. The van der Waals surface area contributed by atoms with E-state index in [-0.39, 0.29) is 0 Å². The lowest BCUT2D eigenvalue weighted by Gasteiger charge is -2.10. The first-order chi connectivity index (χ1) is 4.29. The Labute approximate surface area is 55.6 Å². The predicted octanol–water partition coefficient (Wildman–Crippen LogP) is -0.111. The maximum Gasteiger partial charge on any atom is 0.108 e. The molecule has 1 saturated heterocycles. The lowest BCUT2D eigenvalue weighted by molar-refractivity contribution is 0.386. The van der Waals surface area contributed by atoms with Crippen LogP contribution in [0.2, 0.25) is 0 Å². The third-order valence-corrected chi connectivity index (χ3v) is 1.48. The van der Waals surface area contributed by atoms with Gasteiger partial charge in [0.1, 0.15) is 5.84 Å². The maximum atomic E-state index is 7.31. The first-order valence-corrected chi connectivity index (χ1v) is 3.29. The summed E-state index contributed by atoms with van der Waals surface area (Å²) in [7, 11) is 2.04. The van der Waals surface area contributed by atoms with Crippen molar-refractivity contribution in [1.29, 1.82) is 5.41 Å². The molecule has 0 aromatic rings. The van der Waals surface area contributed by atoms with Crippen LogP contribution in [-0.4, -0.2) is 37.4 Å². The number of amidine groups is 1. The van der Waals surface area contributed by atoms with Gasteiger partial charge in [-0.2, -0.15) is 0 Å². The van der Waals surface area contributed by atoms with Gasteiger partial charge in [-0.1, -0.05) is 0 Å². The molecule has 1 heterocycles. The number of hydrogen-bond donors (Lipinski definition) is 2. The van der Waals surface area contributed by atoms with Gasteiger partial charge in [0.25, 0.3) is 0 Å². The lowest BCUT2D eigenvalue weighted by atomic mass is 10.4. The molecule has 0 atom stereocenters. The molecule has 0 aromatic heterocycles. The molecule has 3 nitrogen and oxygen atoms in total. The molecule has 9 heavy (non-hydrogen) atoms. The molecule has 0 aliphatic carbocycles. The SMILES string of the molecule is CN1CCCNC(=N)C1. The summed E-state index contributed by atoms with van der Waals surface area (Å²) < 4.78 is 0. The van der Waals surface area contributed by atoms with Crippen LogP contribution < -0.4 is 5.32 Å². The number of nitrogens with one attached hydrogen (secondary N) is 2. The van der Waals surface area contributed by atoms with Crippen molar-refractivity contribution in [2.24, 2.45) is 0 Å². The number of rotatable bonds is 0. The molecule has 1 aliphatic heterocycles. The van der Waals surface area contributed by atoms with Crippen molar-refractivity contribution < 1.29 is 0 Å². The monoisotopic (exact) mass is 127 g/mol. The fourth-order valence-corrected chi connectivity index (χ4v) is 0.993. The molecule has 0 saturated carbocycles. The summed E-state index contributed by atoms with van der Waals surface area (Å²) in [5.41, 5.74) is 0. The second-order valence-electron chi connectivity index (χ2n) is 2.50. The summed E-state index contributed by atoms with van der Waals surface area (Å²) in [5.74, 6) is 0.648. The summed E-state index contributed by atoms with van der Waals surface area (Å²) in [6, 6.07) is 0. The van der Waals surface area contributed by atoms with E-state index in [4.69, 9.17) is 5.41 Å². The van der Waals surface area contributed by atoms with E-state index in [0.29, 0.717) is 5.84 Å². The minimum absolute atomic E-state index is 0.648. The van der Waals surface area contributed by atoms with E-state index < -0.39 is 0 Å². The van der Waals surface area contributed by atoms with E-state index in [9.17, 15) is 0 Å². The lowest BCUT2D eigenvalue weighted by Crippen LogP contribution is -2.29. The van der Waals surface area contributed by atoms with E-state index in [1.54, 1.807) is 0 Å². The van der Waals surface area contributed by atoms with E-state index >= 15 is 0 Å². The van der Waals surface area contributed by atoms with Crippen LogP contribution in [0.3, 0.4) is 0 Å². The third kappa shape index (κ3) is 2.01. The fraction of sp³-hybridized carbons (Fsp3) is 0.833. The van der Waals surface area contributed by atoms with Gasteiger partial charge < -0.3 is 5.32 Å². The van der Waals surface area contributed by atoms with Crippen LogP contribution in [0.25, 0.3) is 0 Å². The van der Waals surface area contributed by atoms with Gasteiger partial charge in [-0.25, -0.2) is 0 Å². The van der Waals surface area contributed by atoms with Crippen molar-refractivity contribution in [3.63, 3.8) is 0 Å². The Morgan fingerprint density at radius 3 is 3.22 bits per heavy atom. The Hall–Kier alpha value is -0.570. The topological polar surface area (TPSA) is 39.1 Å². The largest absolute Gasteiger partial charge is 0.373 e. The van der Waals surface area contributed by atoms with Crippen molar-refractivity contribution >= 4 is 5.84 Å². The van der Waals surface area contributed by atoms with Gasteiger partial charge in [0.05, 0.1) is 6.54 Å². The summed E-state index contributed by atoms with van der Waals surface area (Å²) in [4.78, 5) is 2.16. The first-order valence-electron chi connectivity index (χ1n) is 3.29. The number of nitrogens with zero attached hydrogens (tertiary/aromatic N) is 1. The van der Waals surface area contributed by atoms with Gasteiger partial charge in [-0.3, -0.25) is 10.3 Å². The molecule has 0 amide bonds. The molecule has 2 N–H and O–H groups in total. The van der Waals surface area contributed by atoms with Gasteiger partial charge in [0.15, 0.2) is 0 Å². The van der Waals surface area contributed by atoms with Gasteiger partial charge >= 0.3 is 0 Å². The highest BCUT2D eigenvalue weighted by molar-refractivity contribution is 5.81. The Morgan fingerprint density at radius 2 is 2.44 bits per heavy atom. The quantitative estimate of drug-likeness (QED) is 0.476. The van der Waals surface area contributed by atoms with E-state index in [1.807, 2.05) is 7.05 Å². The molecule has 1 fully saturated rings. The molecule has 0 unspecified atom stereocenters. The second kappa shape index (κ2) is 2.82. The van der Waals surface area contributed by atoms with Crippen molar-refractivity contribution in [2.75, 3.05) is 26.7 Å². The molecule has 0 radical (unpaired) electrons. The van der Waals surface area contributed by atoms with E-state index in [0.717, 1.165) is 26.1 Å². The average Bonchev–Trinajstić information content (AvgIpc) is 1.93. The number of hydrogen-bond acceptors (Lipinski definition) is 2. The third-order valence-electron chi connectivity index (χ3n) is 1.48. The highest BCUT2D eigenvalue weighted by Gasteiger charge is 2.05. The minimum Gasteiger partial charge on any atom is -0.373 e. The summed E-state index contributed by atoms with van der Waals surface area (Å²) >= 11 is 0. The van der Waals surface area contributed by atoms with Crippen LogP contribution in [0.15, 0.2) is 0 Å². The first kappa shape index (κ1) is 6.55. The molecular formula is C6H13N3. The van der Waals surface area contributed by atoms with Crippen LogP contribution in [0.1, 0.15) is 6.42 Å². The molecule has 3 heteroatoms. The Morgan fingerprint density at radius 1 is 1.67 bits per heavy atom. The van der Waals surface area contributed by atoms with Crippen molar-refractivity contribution in [3.8, 4) is 0 Å². The van der Waals surface area contributed by atoms with Crippen LogP contribution in [0, 0.1) is 5.41 Å². The van der Waals surface area contributed by atoms with Crippen molar-refractivity contribution in [3.05, 3.63) is 0 Å². The van der Waals surface area contributed by atoms with Crippen LogP contribution >= 0.6 is 0 Å². The Balaban J connectivity index is 2.37. The highest BCUT2D eigenvalue weighted by atomic mass is 15.1. The van der Waals surface area contributed by atoms with Gasteiger partial charge in [0, 0.05) is 6.54 Å². The summed E-state index contributed by atoms with van der Waals surface area (Å²) in [5, 5.41) is 10.3. The van der Waals surface area contributed by atoms with E-state index in [1.165, 1.54) is 0 Å². The summed E-state index contributed by atoms with van der Waals surface area (Å²) in [6.07, 6.45) is 1.15. The molecule has 52 valence electrons. The number of likely N-dealkylation sites (N-methyl/N-ethyl adjacent to an activating group) is 1. The van der Waals surface area contributed by atoms with Crippen molar-refractivity contribution in [1.82, 2.24) is 10.2 Å². The van der Waals surface area contributed by atoms with Crippen molar-refractivity contribution in [2.45, 2.75) is 6.42 Å². The van der Waals surface area contributed by atoms with Gasteiger partial charge in [0.2, 0.25) is 0 Å². The zero-order chi connectivity index (χ0) is 6.69. The normalized spacial score (nSPS) is 23.0. The Bertz CT molecular complexity index is 111. The van der Waals surface area contributed by atoms with Crippen LogP contribution in [0.5, 0.6) is 0 Å². The molecule has 1 rings (SSSR count). The standard InChI is InChI=1S/C6H13N3/c1-9-4-2-3-8-6(7)5-9/h2-5H2,1H3,(H2,7,8). The molecule has 0 spiro atoms. The van der Waals surface area contributed by atoms with Gasteiger partial charge in [-0.05, 0) is 20.0 Å². The summed E-state index contributed by atoms with van der Waals surface area (Å²) in [6.45, 7) is 2.85. The zero-order valence-electron chi connectivity index (χ0n) is 5.78.